The maximum atomic E-state index is 15.3. The van der Waals surface area contributed by atoms with Crippen molar-refractivity contribution in [2.24, 2.45) is 0 Å². The normalized spacial score (nSPS) is 21.0. The number of fused-ring (bicyclic) bond motifs is 1. The fraction of sp³-hybridized carbons (Fsp3) is 0.469. The van der Waals surface area contributed by atoms with E-state index >= 15 is 8.78 Å². The molecule has 3 aromatic carbocycles. The van der Waals surface area contributed by atoms with Crippen LogP contribution >= 0.6 is 0 Å². The van der Waals surface area contributed by atoms with Gasteiger partial charge in [0.2, 0.25) is 0 Å². The number of rotatable bonds is 8. The third-order valence-electron chi connectivity index (χ3n) is 8.99. The Labute approximate surface area is 263 Å². The Hall–Kier alpha value is -3.30. The van der Waals surface area contributed by atoms with Gasteiger partial charge in [0.05, 0.1) is 30.5 Å². The minimum Gasteiger partial charge on any atom is -0.399 e. The molecule has 1 amide bonds. The van der Waals surface area contributed by atoms with Crippen LogP contribution in [0.25, 0.3) is 10.8 Å². The topological polar surface area (TPSA) is 89.5 Å². The predicted octanol–water partition coefficient (Wildman–Crippen LogP) is 4.49. The molecule has 2 fully saturated rings. The van der Waals surface area contributed by atoms with Gasteiger partial charge in [-0.3, -0.25) is 4.79 Å². The Morgan fingerprint density at radius 3 is 2.26 bits per heavy atom. The number of morpholine rings is 1. The van der Waals surface area contributed by atoms with Crippen molar-refractivity contribution in [1.29, 1.82) is 0 Å². The van der Waals surface area contributed by atoms with Crippen LogP contribution in [-0.4, -0.2) is 80.8 Å². The lowest BCUT2D eigenvalue weighted by Crippen LogP contribution is -2.53. The van der Waals surface area contributed by atoms with Crippen LogP contribution in [0.4, 0.5) is 27.6 Å². The van der Waals surface area contributed by atoms with Gasteiger partial charge in [0, 0.05) is 19.3 Å². The van der Waals surface area contributed by atoms with Gasteiger partial charge in [-0.25, -0.2) is 8.78 Å². The fourth-order valence-electron chi connectivity index (χ4n) is 5.73. The third-order valence-corrected chi connectivity index (χ3v) is 8.99. The van der Waals surface area contributed by atoms with Crippen LogP contribution in [0.1, 0.15) is 43.6 Å². The second kappa shape index (κ2) is 12.7. The van der Waals surface area contributed by atoms with E-state index in [1.807, 2.05) is 58.0 Å². The van der Waals surface area contributed by atoms with Gasteiger partial charge in [0.25, 0.3) is 5.91 Å². The summed E-state index contributed by atoms with van der Waals surface area (Å²) in [6.07, 6.45) is -6.29. The molecule has 1 unspecified atom stereocenters. The standard InChI is InChI=1S/C32H36BF5N2O6/c1-30(2)31(3,4)46-33(45-30)22-11-10-18(20-8-6-7-9-21(20)22)14-25(29(42)43-5)39-28(41)27-23(34)15-19(16-24(27)35)40-12-13-44-17-26(40)32(36,37)38/h6-11,15-16,25-26,29,42H,12-14,17H2,1-5H3,(H,39,41)/t25-,26+,29?/m0/s1. The zero-order valence-corrected chi connectivity index (χ0v) is 26.1. The van der Waals surface area contributed by atoms with Gasteiger partial charge in [0.15, 0.2) is 6.29 Å². The first-order valence-corrected chi connectivity index (χ1v) is 14.8. The van der Waals surface area contributed by atoms with Crippen molar-refractivity contribution in [2.45, 2.75) is 69.9 Å². The zero-order valence-electron chi connectivity index (χ0n) is 26.1. The highest BCUT2D eigenvalue weighted by atomic mass is 19.4. The lowest BCUT2D eigenvalue weighted by molar-refractivity contribution is -0.167. The van der Waals surface area contributed by atoms with E-state index in [1.165, 1.54) is 7.11 Å². The van der Waals surface area contributed by atoms with Crippen LogP contribution in [0.15, 0.2) is 48.5 Å². The van der Waals surface area contributed by atoms with Crippen LogP contribution in [0.5, 0.6) is 0 Å². The number of carbonyl (C=O) groups is 1. The van der Waals surface area contributed by atoms with Crippen molar-refractivity contribution in [3.05, 3.63) is 71.3 Å². The summed E-state index contributed by atoms with van der Waals surface area (Å²) in [5, 5.41) is 14.7. The summed E-state index contributed by atoms with van der Waals surface area (Å²) >= 11 is 0. The second-order valence-electron chi connectivity index (χ2n) is 12.5. The van der Waals surface area contributed by atoms with Gasteiger partial charge in [-0.1, -0.05) is 36.4 Å². The lowest BCUT2D eigenvalue weighted by Gasteiger charge is -2.38. The predicted molar refractivity (Wildman–Crippen MR) is 162 cm³/mol. The summed E-state index contributed by atoms with van der Waals surface area (Å²) in [6, 6.07) is 9.14. The van der Waals surface area contributed by atoms with Crippen LogP contribution in [-0.2, 0) is 25.2 Å². The molecule has 248 valence electrons. The Bertz CT molecular complexity index is 1560. The maximum Gasteiger partial charge on any atom is 0.495 e. The van der Waals surface area contributed by atoms with E-state index in [2.05, 4.69) is 5.32 Å². The largest absolute Gasteiger partial charge is 0.495 e. The Morgan fingerprint density at radius 2 is 1.67 bits per heavy atom. The molecule has 2 saturated heterocycles. The molecular weight excluding hydrogens is 614 g/mol. The number of aliphatic hydroxyl groups excluding tert-OH is 1. The highest BCUT2D eigenvalue weighted by molar-refractivity contribution is 6.65. The molecule has 2 aliphatic heterocycles. The molecule has 3 aromatic rings. The summed E-state index contributed by atoms with van der Waals surface area (Å²) in [7, 11) is 0.556. The summed E-state index contributed by atoms with van der Waals surface area (Å²) in [4.78, 5) is 14.0. The molecule has 14 heteroatoms. The number of hydrogen-bond donors (Lipinski definition) is 2. The SMILES string of the molecule is COC(O)[C@H](Cc1ccc(B2OC(C)(C)C(C)(C)O2)c2ccccc12)NC(=O)c1c(F)cc(N2CCOC[C@@H]2C(F)(F)F)cc1F. The summed E-state index contributed by atoms with van der Waals surface area (Å²) in [6.45, 7) is 6.78. The van der Waals surface area contributed by atoms with Crippen molar-refractivity contribution in [3.63, 3.8) is 0 Å². The van der Waals surface area contributed by atoms with Crippen LogP contribution in [0, 0.1) is 11.6 Å². The van der Waals surface area contributed by atoms with E-state index in [-0.39, 0.29) is 25.3 Å². The van der Waals surface area contributed by atoms with Crippen molar-refractivity contribution in [3.8, 4) is 0 Å². The number of nitrogens with one attached hydrogen (secondary N) is 1. The van der Waals surface area contributed by atoms with Crippen LogP contribution in [0.3, 0.4) is 0 Å². The van der Waals surface area contributed by atoms with Crippen molar-refractivity contribution < 1.29 is 50.6 Å². The molecule has 8 nitrogen and oxygen atoms in total. The van der Waals surface area contributed by atoms with Gasteiger partial charge in [-0.05, 0) is 68.0 Å². The van der Waals surface area contributed by atoms with Gasteiger partial charge in [-0.15, -0.1) is 0 Å². The first kappa shape index (κ1) is 34.1. The number of nitrogens with zero attached hydrogens (tertiary/aromatic N) is 1. The number of ether oxygens (including phenoxy) is 2. The first-order chi connectivity index (χ1) is 21.5. The minimum absolute atomic E-state index is 0.00668. The summed E-state index contributed by atoms with van der Waals surface area (Å²) < 4.78 is 93.7. The zero-order chi connectivity index (χ0) is 33.6. The molecule has 5 rings (SSSR count). The highest BCUT2D eigenvalue weighted by Crippen LogP contribution is 2.37. The fourth-order valence-corrected chi connectivity index (χ4v) is 5.73. The average molecular weight is 650 g/mol. The van der Waals surface area contributed by atoms with E-state index in [0.29, 0.717) is 17.7 Å². The Morgan fingerprint density at radius 1 is 1.07 bits per heavy atom. The van der Waals surface area contributed by atoms with Gasteiger partial charge >= 0.3 is 13.3 Å². The number of amides is 1. The maximum absolute atomic E-state index is 15.3. The van der Waals surface area contributed by atoms with Crippen LogP contribution < -0.4 is 15.7 Å². The smallest absolute Gasteiger partial charge is 0.399 e. The van der Waals surface area contributed by atoms with Crippen molar-refractivity contribution >= 4 is 34.9 Å². The highest BCUT2D eigenvalue weighted by Gasteiger charge is 2.52. The van der Waals surface area contributed by atoms with Crippen LogP contribution in [0.2, 0.25) is 0 Å². The second-order valence-corrected chi connectivity index (χ2v) is 12.5. The minimum atomic E-state index is -4.71. The number of carbonyl (C=O) groups excluding carboxylic acids is 1. The molecule has 0 saturated carbocycles. The Kier molecular flexibility index (Phi) is 9.42. The molecule has 2 N–H and O–H groups in total. The van der Waals surface area contributed by atoms with Crippen molar-refractivity contribution in [1.82, 2.24) is 5.32 Å². The first-order valence-electron chi connectivity index (χ1n) is 14.8. The van der Waals surface area contributed by atoms with E-state index in [0.717, 1.165) is 21.1 Å². The van der Waals surface area contributed by atoms with E-state index in [4.69, 9.17) is 18.8 Å². The number of halogens is 5. The number of alkyl halides is 3. The molecule has 3 atom stereocenters. The summed E-state index contributed by atoms with van der Waals surface area (Å²) in [5.74, 6) is -3.93. The molecule has 0 bridgehead atoms. The van der Waals surface area contributed by atoms with Gasteiger partial charge < -0.3 is 34.1 Å². The number of hydrogen-bond acceptors (Lipinski definition) is 7. The molecule has 0 spiro atoms. The Balaban J connectivity index is 1.41. The lowest BCUT2D eigenvalue weighted by atomic mass is 9.75. The van der Waals surface area contributed by atoms with Gasteiger partial charge in [0.1, 0.15) is 23.2 Å². The third kappa shape index (κ3) is 6.59. The number of anilines is 1. The summed E-state index contributed by atoms with van der Waals surface area (Å²) in [5.41, 5.74) is -1.06. The number of aliphatic hydroxyl groups is 1. The molecule has 2 heterocycles. The number of methoxy groups -OCH3 is 1. The molecular formula is C32H36BF5N2O6. The molecule has 0 radical (unpaired) electrons. The van der Waals surface area contributed by atoms with E-state index in [9.17, 15) is 23.1 Å². The monoisotopic (exact) mass is 650 g/mol. The molecule has 46 heavy (non-hydrogen) atoms. The quantitative estimate of drug-likeness (QED) is 0.211. The molecule has 0 aliphatic carbocycles. The van der Waals surface area contributed by atoms with E-state index in [1.54, 1.807) is 6.07 Å². The van der Waals surface area contributed by atoms with E-state index < -0.39 is 72.6 Å². The number of benzene rings is 3. The molecule has 0 aromatic heterocycles. The molecule has 2 aliphatic rings. The van der Waals surface area contributed by atoms with Gasteiger partial charge in [-0.2, -0.15) is 13.2 Å². The van der Waals surface area contributed by atoms with Crippen molar-refractivity contribution in [2.75, 3.05) is 31.8 Å². The average Bonchev–Trinajstić information content (AvgIpc) is 3.21.